The molecule has 0 aliphatic carbocycles. The second-order valence-corrected chi connectivity index (χ2v) is 7.04. The van der Waals surface area contributed by atoms with E-state index in [0.717, 1.165) is 0 Å². The van der Waals surface area contributed by atoms with Gasteiger partial charge in [-0.1, -0.05) is 56.9 Å². The molecule has 0 amide bonds. The molecular formula is C16H27OSi. The van der Waals surface area contributed by atoms with E-state index in [4.69, 9.17) is 4.43 Å². The van der Waals surface area contributed by atoms with Crippen LogP contribution < -0.4 is 5.19 Å². The van der Waals surface area contributed by atoms with E-state index in [1.165, 1.54) is 42.9 Å². The van der Waals surface area contributed by atoms with Crippen molar-refractivity contribution < 1.29 is 4.43 Å². The largest absolute Gasteiger partial charge is 0.409 e. The zero-order valence-corrected chi connectivity index (χ0v) is 13.3. The molecule has 1 aromatic rings. The van der Waals surface area contributed by atoms with Crippen LogP contribution in [0.1, 0.15) is 51.5 Å². The predicted octanol–water partition coefficient (Wildman–Crippen LogP) is 4.20. The Morgan fingerprint density at radius 3 is 2.56 bits per heavy atom. The minimum absolute atomic E-state index is 0.403. The first-order valence-corrected chi connectivity index (χ1v) is 9.12. The summed E-state index contributed by atoms with van der Waals surface area (Å²) in [6, 6.07) is 8.61. The molecule has 1 atom stereocenters. The lowest BCUT2D eigenvalue weighted by Crippen LogP contribution is -2.35. The van der Waals surface area contributed by atoms with Gasteiger partial charge in [0.25, 0.3) is 0 Å². The van der Waals surface area contributed by atoms with Crippen molar-refractivity contribution in [1.82, 2.24) is 0 Å². The molecule has 2 heteroatoms. The Labute approximate surface area is 114 Å². The zero-order valence-electron chi connectivity index (χ0n) is 12.3. The van der Waals surface area contributed by atoms with E-state index in [0.29, 0.717) is 6.10 Å². The van der Waals surface area contributed by atoms with Crippen LogP contribution in [0.25, 0.3) is 0 Å². The van der Waals surface area contributed by atoms with Gasteiger partial charge in [0.05, 0.1) is 0 Å². The van der Waals surface area contributed by atoms with Crippen LogP contribution in [0.3, 0.4) is 0 Å². The molecule has 0 aliphatic heterocycles. The molecule has 0 aromatic heterocycles. The van der Waals surface area contributed by atoms with E-state index in [1.807, 2.05) is 0 Å². The first-order chi connectivity index (χ1) is 8.65. The average Bonchev–Trinajstić information content (AvgIpc) is 2.35. The Balaban J connectivity index is 2.35. The summed E-state index contributed by atoms with van der Waals surface area (Å²) in [6.45, 7) is 8.91. The highest BCUT2D eigenvalue weighted by Gasteiger charge is 2.15. The van der Waals surface area contributed by atoms with Crippen LogP contribution in [-0.2, 0) is 4.43 Å². The lowest BCUT2D eigenvalue weighted by Gasteiger charge is -2.19. The van der Waals surface area contributed by atoms with Gasteiger partial charge in [-0.2, -0.15) is 0 Å². The summed E-state index contributed by atoms with van der Waals surface area (Å²) >= 11 is 0. The molecule has 0 aliphatic rings. The molecule has 0 saturated heterocycles. The van der Waals surface area contributed by atoms with Crippen LogP contribution in [-0.4, -0.2) is 15.1 Å². The summed E-state index contributed by atoms with van der Waals surface area (Å²) < 4.78 is 6.20. The maximum absolute atomic E-state index is 6.20. The SMILES string of the molecule is CCCCCCC(C)O[Si](C)c1ccccc1C. The maximum atomic E-state index is 6.20. The number of aryl methyl sites for hydroxylation is 1. The fourth-order valence-electron chi connectivity index (χ4n) is 2.25. The standard InChI is InChI=1S/C16H27OSi/c1-5-6-7-8-12-15(3)17-18(4)16-13-10-9-11-14(16)2/h9-11,13,15H,5-8,12H2,1-4H3. The van der Waals surface area contributed by atoms with Crippen LogP contribution >= 0.6 is 0 Å². The molecule has 0 N–H and O–H groups in total. The Kier molecular flexibility index (Phi) is 7.29. The van der Waals surface area contributed by atoms with Gasteiger partial charge in [0.15, 0.2) is 0 Å². The molecule has 0 heterocycles. The molecule has 0 fully saturated rings. The third kappa shape index (κ3) is 5.36. The normalized spacial score (nSPS) is 12.9. The Bertz CT molecular complexity index is 338. The zero-order chi connectivity index (χ0) is 13.4. The van der Waals surface area contributed by atoms with Crippen LogP contribution in [0.2, 0.25) is 6.55 Å². The van der Waals surface area contributed by atoms with Gasteiger partial charge in [-0.3, -0.25) is 0 Å². The molecule has 18 heavy (non-hydrogen) atoms. The van der Waals surface area contributed by atoms with Crippen molar-refractivity contribution >= 4 is 14.2 Å². The molecule has 1 rings (SSSR count). The summed E-state index contributed by atoms with van der Waals surface area (Å²) in [6.07, 6.45) is 6.92. The molecule has 0 bridgehead atoms. The Morgan fingerprint density at radius 1 is 1.17 bits per heavy atom. The minimum Gasteiger partial charge on any atom is -0.409 e. The summed E-state index contributed by atoms with van der Waals surface area (Å²) in [5.74, 6) is 0. The monoisotopic (exact) mass is 263 g/mol. The van der Waals surface area contributed by atoms with Gasteiger partial charge < -0.3 is 4.43 Å². The molecule has 1 aromatic carbocycles. The van der Waals surface area contributed by atoms with Crippen LogP contribution in [0.5, 0.6) is 0 Å². The second-order valence-electron chi connectivity index (χ2n) is 5.15. The van der Waals surface area contributed by atoms with Crippen molar-refractivity contribution in [2.45, 2.75) is 65.5 Å². The molecule has 1 radical (unpaired) electrons. The van der Waals surface area contributed by atoms with E-state index in [9.17, 15) is 0 Å². The Morgan fingerprint density at radius 2 is 1.89 bits per heavy atom. The second kappa shape index (κ2) is 8.49. The van der Waals surface area contributed by atoms with Crippen molar-refractivity contribution in [3.8, 4) is 0 Å². The van der Waals surface area contributed by atoms with Crippen molar-refractivity contribution in [3.05, 3.63) is 29.8 Å². The van der Waals surface area contributed by atoms with Crippen molar-refractivity contribution in [1.29, 1.82) is 0 Å². The third-order valence-electron chi connectivity index (χ3n) is 3.37. The number of benzene rings is 1. The molecule has 1 unspecified atom stereocenters. The van der Waals surface area contributed by atoms with E-state index >= 15 is 0 Å². The maximum Gasteiger partial charge on any atom is 0.244 e. The first kappa shape index (κ1) is 15.5. The van der Waals surface area contributed by atoms with Crippen LogP contribution in [0.15, 0.2) is 24.3 Å². The average molecular weight is 263 g/mol. The fraction of sp³-hybridized carbons (Fsp3) is 0.625. The highest BCUT2D eigenvalue weighted by molar-refractivity contribution is 6.66. The Hall–Kier alpha value is -0.603. The van der Waals surface area contributed by atoms with Crippen LogP contribution in [0.4, 0.5) is 0 Å². The number of rotatable bonds is 8. The summed E-state index contributed by atoms with van der Waals surface area (Å²) in [7, 11) is -0.838. The van der Waals surface area contributed by atoms with Crippen molar-refractivity contribution in [3.63, 3.8) is 0 Å². The quantitative estimate of drug-likeness (QED) is 0.504. The van der Waals surface area contributed by atoms with E-state index in [2.05, 4.69) is 51.6 Å². The summed E-state index contributed by atoms with van der Waals surface area (Å²) in [5.41, 5.74) is 1.37. The van der Waals surface area contributed by atoms with Gasteiger partial charge in [-0.15, -0.1) is 0 Å². The number of hydrogen-bond acceptors (Lipinski definition) is 1. The predicted molar refractivity (Wildman–Crippen MR) is 81.7 cm³/mol. The topological polar surface area (TPSA) is 9.23 Å². The number of hydrogen-bond donors (Lipinski definition) is 0. The van der Waals surface area contributed by atoms with Gasteiger partial charge in [-0.25, -0.2) is 0 Å². The number of unbranched alkanes of at least 4 members (excludes halogenated alkanes) is 3. The summed E-state index contributed by atoms with van der Waals surface area (Å²) in [5, 5.41) is 1.42. The highest BCUT2D eigenvalue weighted by Crippen LogP contribution is 2.09. The van der Waals surface area contributed by atoms with Crippen LogP contribution in [0, 0.1) is 6.92 Å². The lowest BCUT2D eigenvalue weighted by molar-refractivity contribution is 0.212. The highest BCUT2D eigenvalue weighted by atomic mass is 28.3. The first-order valence-electron chi connectivity index (χ1n) is 7.21. The van der Waals surface area contributed by atoms with Gasteiger partial charge in [0, 0.05) is 6.10 Å². The van der Waals surface area contributed by atoms with E-state index in [1.54, 1.807) is 0 Å². The van der Waals surface area contributed by atoms with E-state index in [-0.39, 0.29) is 0 Å². The van der Waals surface area contributed by atoms with Gasteiger partial charge >= 0.3 is 0 Å². The smallest absolute Gasteiger partial charge is 0.244 e. The molecule has 0 spiro atoms. The molecule has 1 nitrogen and oxygen atoms in total. The van der Waals surface area contributed by atoms with Crippen molar-refractivity contribution in [2.24, 2.45) is 0 Å². The van der Waals surface area contributed by atoms with Crippen molar-refractivity contribution in [2.75, 3.05) is 0 Å². The van der Waals surface area contributed by atoms with E-state index < -0.39 is 9.04 Å². The van der Waals surface area contributed by atoms with Gasteiger partial charge in [0.2, 0.25) is 9.04 Å². The molecular weight excluding hydrogens is 236 g/mol. The summed E-state index contributed by atoms with van der Waals surface area (Å²) in [4.78, 5) is 0. The third-order valence-corrected chi connectivity index (χ3v) is 5.44. The molecule has 0 saturated carbocycles. The fourth-order valence-corrected chi connectivity index (χ4v) is 4.07. The van der Waals surface area contributed by atoms with Gasteiger partial charge in [-0.05, 0) is 37.6 Å². The van der Waals surface area contributed by atoms with Gasteiger partial charge in [0.1, 0.15) is 0 Å². The molecule has 101 valence electrons. The lowest BCUT2D eigenvalue weighted by atomic mass is 10.1. The minimum atomic E-state index is -0.838.